The number of hydrogen-bond acceptors (Lipinski definition) is 5. The lowest BCUT2D eigenvalue weighted by Gasteiger charge is -2.34. The van der Waals surface area contributed by atoms with Gasteiger partial charge in [0.25, 0.3) is 0 Å². The van der Waals surface area contributed by atoms with Gasteiger partial charge in [0.2, 0.25) is 5.91 Å². The number of benzene rings is 1. The van der Waals surface area contributed by atoms with Gasteiger partial charge in [-0.3, -0.25) is 9.79 Å². The van der Waals surface area contributed by atoms with Gasteiger partial charge in [-0.15, -0.1) is 24.0 Å². The molecule has 1 aliphatic rings. The highest BCUT2D eigenvalue weighted by atomic mass is 127. The maximum Gasteiger partial charge on any atom is 0.221 e. The van der Waals surface area contributed by atoms with Gasteiger partial charge < -0.3 is 29.7 Å². The molecule has 1 aliphatic heterocycles. The van der Waals surface area contributed by atoms with Crippen molar-refractivity contribution in [2.24, 2.45) is 4.99 Å². The number of methoxy groups -OCH3 is 1. The second-order valence-corrected chi connectivity index (χ2v) is 6.94. The second-order valence-electron chi connectivity index (χ2n) is 6.94. The van der Waals surface area contributed by atoms with Crippen LogP contribution in [0.2, 0.25) is 0 Å². The molecule has 2 N–H and O–H groups in total. The van der Waals surface area contributed by atoms with Crippen molar-refractivity contribution in [1.82, 2.24) is 10.2 Å². The van der Waals surface area contributed by atoms with Crippen LogP contribution < -0.4 is 15.4 Å². The van der Waals surface area contributed by atoms with Gasteiger partial charge in [0.15, 0.2) is 5.96 Å². The first-order valence-electron chi connectivity index (χ1n) is 10.2. The molecule has 1 heterocycles. The maximum absolute atomic E-state index is 11.1. The van der Waals surface area contributed by atoms with Crippen molar-refractivity contribution in [2.75, 3.05) is 58.9 Å². The largest absolute Gasteiger partial charge is 0.492 e. The first-order valence-corrected chi connectivity index (χ1v) is 10.2. The fraction of sp³-hybridized carbons (Fsp3) is 0.619. The van der Waals surface area contributed by atoms with Crippen LogP contribution in [0.4, 0.5) is 5.69 Å². The monoisotopic (exact) mass is 534 g/mol. The summed E-state index contributed by atoms with van der Waals surface area (Å²) < 4.78 is 16.7. The molecule has 1 aromatic carbocycles. The number of hydrogen-bond donors (Lipinski definition) is 2. The molecular formula is C21H35IN4O4. The lowest BCUT2D eigenvalue weighted by molar-refractivity contribution is -0.114. The Morgan fingerprint density at radius 2 is 2.00 bits per heavy atom. The molecule has 170 valence electrons. The molecule has 2 rings (SSSR count). The van der Waals surface area contributed by atoms with Crippen LogP contribution in [0.3, 0.4) is 0 Å². The number of ether oxygens (including phenoxy) is 3. The van der Waals surface area contributed by atoms with Crippen molar-refractivity contribution in [3.05, 3.63) is 24.3 Å². The summed E-state index contributed by atoms with van der Waals surface area (Å²) in [5.41, 5.74) is 0.728. The number of amides is 1. The average molecular weight is 534 g/mol. The molecule has 0 radical (unpaired) electrons. The molecule has 0 atom stereocenters. The normalized spacial score (nSPS) is 14.8. The summed E-state index contributed by atoms with van der Waals surface area (Å²) in [6.45, 7) is 5.98. The molecule has 0 aliphatic carbocycles. The van der Waals surface area contributed by atoms with Crippen LogP contribution in [-0.2, 0) is 14.3 Å². The zero-order valence-corrected chi connectivity index (χ0v) is 20.5. The SMILES string of the molecule is CN=C(NCCOc1cccc(NC(C)=O)c1)N1CCC(OCCCOC)CC1.I. The summed E-state index contributed by atoms with van der Waals surface area (Å²) in [7, 11) is 3.51. The molecule has 1 fully saturated rings. The van der Waals surface area contributed by atoms with E-state index in [1.807, 2.05) is 24.3 Å². The highest BCUT2D eigenvalue weighted by molar-refractivity contribution is 14.0. The third-order valence-corrected chi connectivity index (χ3v) is 4.61. The first-order chi connectivity index (χ1) is 14.1. The van der Waals surface area contributed by atoms with Crippen LogP contribution in [0, 0.1) is 0 Å². The van der Waals surface area contributed by atoms with E-state index in [-0.39, 0.29) is 29.9 Å². The zero-order chi connectivity index (χ0) is 20.9. The number of nitrogens with one attached hydrogen (secondary N) is 2. The van der Waals surface area contributed by atoms with Gasteiger partial charge in [0.1, 0.15) is 12.4 Å². The lowest BCUT2D eigenvalue weighted by Crippen LogP contribution is -2.47. The molecular weight excluding hydrogens is 499 g/mol. The fourth-order valence-electron chi connectivity index (χ4n) is 3.22. The number of piperidine rings is 1. The number of likely N-dealkylation sites (tertiary alicyclic amines) is 1. The van der Waals surface area contributed by atoms with Crippen LogP contribution in [0.1, 0.15) is 26.2 Å². The number of rotatable bonds is 10. The third-order valence-electron chi connectivity index (χ3n) is 4.61. The van der Waals surface area contributed by atoms with Crippen LogP contribution in [0.15, 0.2) is 29.3 Å². The quantitative estimate of drug-likeness (QED) is 0.208. The lowest BCUT2D eigenvalue weighted by atomic mass is 10.1. The maximum atomic E-state index is 11.1. The van der Waals surface area contributed by atoms with E-state index in [4.69, 9.17) is 14.2 Å². The Hall–Kier alpha value is -1.59. The zero-order valence-electron chi connectivity index (χ0n) is 18.2. The highest BCUT2D eigenvalue weighted by Crippen LogP contribution is 2.17. The van der Waals surface area contributed by atoms with Gasteiger partial charge in [0, 0.05) is 59.1 Å². The van der Waals surface area contributed by atoms with Crippen molar-refractivity contribution >= 4 is 41.5 Å². The van der Waals surface area contributed by atoms with E-state index in [0.29, 0.717) is 19.3 Å². The van der Waals surface area contributed by atoms with Gasteiger partial charge in [-0.25, -0.2) is 0 Å². The van der Waals surface area contributed by atoms with Crippen molar-refractivity contribution in [1.29, 1.82) is 0 Å². The molecule has 1 aromatic rings. The predicted molar refractivity (Wildman–Crippen MR) is 130 cm³/mol. The van der Waals surface area contributed by atoms with E-state index < -0.39 is 0 Å². The molecule has 0 spiro atoms. The number of nitrogens with zero attached hydrogens (tertiary/aromatic N) is 2. The molecule has 0 aromatic heterocycles. The van der Waals surface area contributed by atoms with Crippen LogP contribution in [-0.4, -0.2) is 76.5 Å². The smallest absolute Gasteiger partial charge is 0.221 e. The number of guanidine groups is 1. The fourth-order valence-corrected chi connectivity index (χ4v) is 3.22. The number of carbonyl (C=O) groups is 1. The van der Waals surface area contributed by atoms with E-state index in [9.17, 15) is 4.79 Å². The molecule has 8 nitrogen and oxygen atoms in total. The van der Waals surface area contributed by atoms with E-state index in [2.05, 4.69) is 20.5 Å². The summed E-state index contributed by atoms with van der Waals surface area (Å²) in [6, 6.07) is 7.37. The highest BCUT2D eigenvalue weighted by Gasteiger charge is 2.21. The number of anilines is 1. The molecule has 0 unspecified atom stereocenters. The standard InChI is InChI=1S/C21H34N4O4.HI/c1-17(26)24-18-6-4-7-20(16-18)29-15-10-23-21(22-2)25-11-8-19(9-12-25)28-14-5-13-27-3;/h4,6-7,16,19H,5,8-15H2,1-3H3,(H,22,23)(H,24,26);1H. The van der Waals surface area contributed by atoms with Gasteiger partial charge in [0.05, 0.1) is 12.6 Å². The number of aliphatic imine (C=N–C) groups is 1. The van der Waals surface area contributed by atoms with Crippen molar-refractivity contribution < 1.29 is 19.0 Å². The topological polar surface area (TPSA) is 84.4 Å². The van der Waals surface area contributed by atoms with Crippen LogP contribution in [0.25, 0.3) is 0 Å². The van der Waals surface area contributed by atoms with Crippen molar-refractivity contribution in [2.45, 2.75) is 32.3 Å². The van der Waals surface area contributed by atoms with Gasteiger partial charge in [-0.2, -0.15) is 0 Å². The van der Waals surface area contributed by atoms with E-state index >= 15 is 0 Å². The Labute approximate surface area is 196 Å². The summed E-state index contributed by atoms with van der Waals surface area (Å²) in [6.07, 6.45) is 3.26. The van der Waals surface area contributed by atoms with Crippen molar-refractivity contribution in [3.63, 3.8) is 0 Å². The third kappa shape index (κ3) is 9.94. The minimum atomic E-state index is -0.100. The second kappa shape index (κ2) is 15.2. The first kappa shape index (κ1) is 26.4. The summed E-state index contributed by atoms with van der Waals surface area (Å²) in [4.78, 5) is 17.8. The van der Waals surface area contributed by atoms with Gasteiger partial charge in [-0.05, 0) is 31.4 Å². The number of halogens is 1. The summed E-state index contributed by atoms with van der Waals surface area (Å²) >= 11 is 0. The Balaban J connectivity index is 0.00000450. The van der Waals surface area contributed by atoms with E-state index in [0.717, 1.165) is 63.0 Å². The van der Waals surface area contributed by atoms with Crippen LogP contribution in [0.5, 0.6) is 5.75 Å². The van der Waals surface area contributed by atoms with E-state index in [1.165, 1.54) is 6.92 Å². The molecule has 30 heavy (non-hydrogen) atoms. The number of carbonyl (C=O) groups excluding carboxylic acids is 1. The molecule has 0 bridgehead atoms. The predicted octanol–water partition coefficient (Wildman–Crippen LogP) is 2.73. The summed E-state index contributed by atoms with van der Waals surface area (Å²) in [5, 5.41) is 6.11. The Morgan fingerprint density at radius 1 is 1.23 bits per heavy atom. The van der Waals surface area contributed by atoms with Gasteiger partial charge in [-0.1, -0.05) is 6.07 Å². The van der Waals surface area contributed by atoms with Gasteiger partial charge >= 0.3 is 0 Å². The minimum Gasteiger partial charge on any atom is -0.492 e. The summed E-state index contributed by atoms with van der Waals surface area (Å²) in [5.74, 6) is 1.51. The Bertz CT molecular complexity index is 652. The Morgan fingerprint density at radius 3 is 2.67 bits per heavy atom. The minimum absolute atomic E-state index is 0. The Kier molecular flexibility index (Phi) is 13.4. The molecule has 1 saturated heterocycles. The van der Waals surface area contributed by atoms with Crippen molar-refractivity contribution in [3.8, 4) is 5.75 Å². The molecule has 9 heteroatoms. The van der Waals surface area contributed by atoms with E-state index in [1.54, 1.807) is 14.2 Å². The average Bonchev–Trinajstić information content (AvgIpc) is 2.72. The molecule has 0 saturated carbocycles. The molecule has 1 amide bonds. The van der Waals surface area contributed by atoms with Crippen LogP contribution >= 0.6 is 24.0 Å².